The maximum atomic E-state index is 5.63. The quantitative estimate of drug-likeness (QED) is 0.793. The van der Waals surface area contributed by atoms with Crippen molar-refractivity contribution in [2.24, 2.45) is 11.7 Å². The molecule has 0 saturated carbocycles. The van der Waals surface area contributed by atoms with Gasteiger partial charge < -0.3 is 5.73 Å². The second-order valence-corrected chi connectivity index (χ2v) is 5.16. The van der Waals surface area contributed by atoms with Gasteiger partial charge in [-0.3, -0.25) is 0 Å². The van der Waals surface area contributed by atoms with Crippen molar-refractivity contribution in [1.82, 2.24) is 15.0 Å². The molecule has 1 unspecified atom stereocenters. The van der Waals surface area contributed by atoms with Crippen LogP contribution in [0.25, 0.3) is 0 Å². The van der Waals surface area contributed by atoms with Gasteiger partial charge in [0.25, 0.3) is 0 Å². The van der Waals surface area contributed by atoms with Crippen LogP contribution in [0.5, 0.6) is 0 Å². The molecule has 1 aromatic heterocycles. The first-order chi connectivity index (χ1) is 8.10. The predicted octanol–water partition coefficient (Wildman–Crippen LogP) is 2.34. The third kappa shape index (κ3) is 3.80. The topological polar surface area (TPSA) is 56.7 Å². The summed E-state index contributed by atoms with van der Waals surface area (Å²) in [6, 6.07) is 0.427. The molecule has 1 heterocycles. The van der Waals surface area contributed by atoms with Crippen LogP contribution in [0.15, 0.2) is 0 Å². The molecule has 4 nitrogen and oxygen atoms in total. The molecular formula is C13H26N4. The Morgan fingerprint density at radius 2 is 1.94 bits per heavy atom. The smallest absolute Gasteiger partial charge is 0.0871 e. The second kappa shape index (κ2) is 6.74. The summed E-state index contributed by atoms with van der Waals surface area (Å²) >= 11 is 0. The lowest BCUT2D eigenvalue weighted by atomic mass is 10.0. The van der Waals surface area contributed by atoms with Crippen LogP contribution < -0.4 is 5.73 Å². The van der Waals surface area contributed by atoms with Gasteiger partial charge in [0, 0.05) is 6.42 Å². The molecule has 0 aliphatic heterocycles. The fourth-order valence-electron chi connectivity index (χ4n) is 1.89. The Labute approximate surface area is 105 Å². The zero-order chi connectivity index (χ0) is 12.8. The van der Waals surface area contributed by atoms with Gasteiger partial charge in [0.05, 0.1) is 17.4 Å². The van der Waals surface area contributed by atoms with Crippen molar-refractivity contribution in [3.63, 3.8) is 0 Å². The summed E-state index contributed by atoms with van der Waals surface area (Å²) in [5.74, 6) is 0.709. The van der Waals surface area contributed by atoms with Gasteiger partial charge in [-0.25, -0.2) is 4.68 Å². The number of hydrogen-bond donors (Lipinski definition) is 1. The molecule has 0 fully saturated rings. The second-order valence-electron chi connectivity index (χ2n) is 5.16. The molecule has 0 aliphatic rings. The molecule has 1 rings (SSSR count). The van der Waals surface area contributed by atoms with Crippen LogP contribution in [0.2, 0.25) is 0 Å². The van der Waals surface area contributed by atoms with Crippen LogP contribution in [0.3, 0.4) is 0 Å². The molecule has 0 bridgehead atoms. The van der Waals surface area contributed by atoms with Crippen LogP contribution in [0.1, 0.15) is 58.0 Å². The van der Waals surface area contributed by atoms with E-state index in [1.807, 2.05) is 0 Å². The number of aromatic nitrogens is 3. The van der Waals surface area contributed by atoms with E-state index in [0.29, 0.717) is 18.5 Å². The van der Waals surface area contributed by atoms with Crippen molar-refractivity contribution >= 4 is 0 Å². The van der Waals surface area contributed by atoms with E-state index in [4.69, 9.17) is 5.73 Å². The summed E-state index contributed by atoms with van der Waals surface area (Å²) in [5.41, 5.74) is 8.01. The molecule has 4 heteroatoms. The lowest BCUT2D eigenvalue weighted by Gasteiger charge is -2.14. The number of rotatable bonds is 7. The summed E-state index contributed by atoms with van der Waals surface area (Å²) in [4.78, 5) is 0. The van der Waals surface area contributed by atoms with Crippen molar-refractivity contribution in [3.8, 4) is 0 Å². The highest BCUT2D eigenvalue weighted by molar-refractivity contribution is 5.12. The Balaban J connectivity index is 2.88. The van der Waals surface area contributed by atoms with Gasteiger partial charge in [0.15, 0.2) is 0 Å². The Morgan fingerprint density at radius 1 is 1.24 bits per heavy atom. The summed E-state index contributed by atoms with van der Waals surface area (Å²) < 4.78 is 2.09. The first kappa shape index (κ1) is 14.2. The Kier molecular flexibility index (Phi) is 5.62. The van der Waals surface area contributed by atoms with E-state index in [-0.39, 0.29) is 0 Å². The van der Waals surface area contributed by atoms with Crippen LogP contribution in [0, 0.1) is 5.92 Å². The molecule has 17 heavy (non-hydrogen) atoms. The zero-order valence-corrected chi connectivity index (χ0v) is 11.6. The number of nitrogens with zero attached hydrogens (tertiary/aromatic N) is 3. The molecule has 0 aliphatic carbocycles. The fraction of sp³-hybridized carbons (Fsp3) is 0.846. The van der Waals surface area contributed by atoms with Crippen molar-refractivity contribution in [3.05, 3.63) is 11.4 Å². The van der Waals surface area contributed by atoms with Gasteiger partial charge in [-0.2, -0.15) is 0 Å². The monoisotopic (exact) mass is 238 g/mol. The normalized spacial score (nSPS) is 13.3. The minimum atomic E-state index is 0.427. The van der Waals surface area contributed by atoms with Crippen LogP contribution in [-0.2, 0) is 12.8 Å². The molecule has 2 N–H and O–H groups in total. The van der Waals surface area contributed by atoms with Crippen molar-refractivity contribution < 1.29 is 0 Å². The van der Waals surface area contributed by atoms with E-state index in [2.05, 4.69) is 42.7 Å². The number of hydrogen-bond acceptors (Lipinski definition) is 3. The van der Waals surface area contributed by atoms with E-state index in [0.717, 1.165) is 25.0 Å². The van der Waals surface area contributed by atoms with Gasteiger partial charge in [-0.15, -0.1) is 5.10 Å². The average molecular weight is 238 g/mol. The van der Waals surface area contributed by atoms with E-state index < -0.39 is 0 Å². The molecule has 0 aromatic carbocycles. The lowest BCUT2D eigenvalue weighted by Crippen LogP contribution is -2.12. The first-order valence-electron chi connectivity index (χ1n) is 6.73. The van der Waals surface area contributed by atoms with E-state index in [1.165, 1.54) is 12.1 Å². The third-order valence-electron chi connectivity index (χ3n) is 3.22. The Morgan fingerprint density at radius 3 is 2.47 bits per heavy atom. The van der Waals surface area contributed by atoms with E-state index in [1.54, 1.807) is 0 Å². The van der Waals surface area contributed by atoms with Crippen molar-refractivity contribution in [2.75, 3.05) is 6.54 Å². The van der Waals surface area contributed by atoms with Crippen LogP contribution in [-0.4, -0.2) is 21.5 Å². The highest BCUT2D eigenvalue weighted by atomic mass is 15.4. The molecule has 0 saturated heterocycles. The third-order valence-corrected chi connectivity index (χ3v) is 3.22. The molecule has 1 aromatic rings. The van der Waals surface area contributed by atoms with Crippen molar-refractivity contribution in [2.45, 2.75) is 59.4 Å². The maximum absolute atomic E-state index is 5.63. The van der Waals surface area contributed by atoms with Crippen LogP contribution in [0.4, 0.5) is 0 Å². The maximum Gasteiger partial charge on any atom is 0.0871 e. The summed E-state index contributed by atoms with van der Waals surface area (Å²) in [6.45, 7) is 9.52. The van der Waals surface area contributed by atoms with Gasteiger partial charge in [-0.1, -0.05) is 26.0 Å². The van der Waals surface area contributed by atoms with Crippen molar-refractivity contribution in [1.29, 1.82) is 0 Å². The van der Waals surface area contributed by atoms with E-state index >= 15 is 0 Å². The van der Waals surface area contributed by atoms with Gasteiger partial charge in [0.1, 0.15) is 0 Å². The molecule has 0 radical (unpaired) electrons. The minimum absolute atomic E-state index is 0.427. The predicted molar refractivity (Wildman–Crippen MR) is 70.9 cm³/mol. The lowest BCUT2D eigenvalue weighted by molar-refractivity contribution is 0.439. The minimum Gasteiger partial charge on any atom is -0.330 e. The average Bonchev–Trinajstić information content (AvgIpc) is 2.69. The Hall–Kier alpha value is -0.900. The number of nitrogens with two attached hydrogens (primary N) is 1. The summed E-state index contributed by atoms with van der Waals surface area (Å²) in [6.07, 6.45) is 4.16. The molecule has 0 amide bonds. The van der Waals surface area contributed by atoms with Gasteiger partial charge in [0.2, 0.25) is 0 Å². The van der Waals surface area contributed by atoms with Gasteiger partial charge >= 0.3 is 0 Å². The molecule has 0 spiro atoms. The molecule has 98 valence electrons. The SMILES string of the molecule is CCC(C)n1nnc(CCN)c1CCC(C)C. The van der Waals surface area contributed by atoms with E-state index in [9.17, 15) is 0 Å². The summed E-state index contributed by atoms with van der Waals surface area (Å²) in [5, 5.41) is 8.58. The first-order valence-corrected chi connectivity index (χ1v) is 6.73. The summed E-state index contributed by atoms with van der Waals surface area (Å²) in [7, 11) is 0. The fourth-order valence-corrected chi connectivity index (χ4v) is 1.89. The highest BCUT2D eigenvalue weighted by Crippen LogP contribution is 2.18. The van der Waals surface area contributed by atoms with Crippen LogP contribution >= 0.6 is 0 Å². The largest absolute Gasteiger partial charge is 0.330 e. The highest BCUT2D eigenvalue weighted by Gasteiger charge is 2.15. The standard InChI is InChI=1S/C13H26N4/c1-5-11(4)17-13(7-6-10(2)3)12(8-9-14)15-16-17/h10-11H,5-9,14H2,1-4H3. The Bertz CT molecular complexity index is 330. The molecule has 1 atom stereocenters. The zero-order valence-electron chi connectivity index (χ0n) is 11.6. The van der Waals surface area contributed by atoms with Gasteiger partial charge in [-0.05, 0) is 38.6 Å². The molecular weight excluding hydrogens is 212 g/mol.